The first kappa shape index (κ1) is 20.6. The molecule has 1 aliphatic rings. The Morgan fingerprint density at radius 3 is 2.10 bits per heavy atom. The maximum atomic E-state index is 12.9. The van der Waals surface area contributed by atoms with E-state index in [1.54, 1.807) is 24.3 Å². The summed E-state index contributed by atoms with van der Waals surface area (Å²) >= 11 is 5.90. The third-order valence-electron chi connectivity index (χ3n) is 5.47. The Hall–Kier alpha value is -2.67. The zero-order chi connectivity index (χ0) is 21.4. The summed E-state index contributed by atoms with van der Waals surface area (Å²) in [6.07, 6.45) is 0.768. The van der Waals surface area contributed by atoms with Crippen LogP contribution in [-0.2, 0) is 21.2 Å². The lowest BCUT2D eigenvalue weighted by Gasteiger charge is -2.16. The van der Waals surface area contributed by atoms with Gasteiger partial charge >= 0.3 is 5.97 Å². The van der Waals surface area contributed by atoms with E-state index in [1.165, 1.54) is 12.1 Å². The van der Waals surface area contributed by atoms with Gasteiger partial charge in [0.2, 0.25) is 10.0 Å². The van der Waals surface area contributed by atoms with Crippen molar-refractivity contribution >= 4 is 27.6 Å². The van der Waals surface area contributed by atoms with Gasteiger partial charge in [0.05, 0.1) is 4.90 Å². The van der Waals surface area contributed by atoms with Gasteiger partial charge in [-0.25, -0.2) is 8.42 Å². The average molecular weight is 442 g/mol. The van der Waals surface area contributed by atoms with Crippen LogP contribution in [0, 0.1) is 5.92 Å². The van der Waals surface area contributed by atoms with E-state index >= 15 is 0 Å². The minimum atomic E-state index is -3.98. The Morgan fingerprint density at radius 2 is 1.53 bits per heavy atom. The van der Waals surface area contributed by atoms with E-state index in [0.717, 1.165) is 16.7 Å². The summed E-state index contributed by atoms with van der Waals surface area (Å²) in [5.74, 6) is -1.44. The Bertz CT molecular complexity index is 1160. The molecular formula is C23H20ClNO4S. The highest BCUT2D eigenvalue weighted by atomic mass is 35.5. The van der Waals surface area contributed by atoms with Gasteiger partial charge in [-0.2, -0.15) is 4.72 Å². The molecule has 154 valence electrons. The number of rotatable bonds is 7. The number of hydrogen-bond acceptors (Lipinski definition) is 3. The molecule has 3 aromatic carbocycles. The van der Waals surface area contributed by atoms with Crippen LogP contribution in [0.3, 0.4) is 0 Å². The van der Waals surface area contributed by atoms with E-state index in [4.69, 9.17) is 11.6 Å². The SMILES string of the molecule is O=C(O)[C@]1(NS(=O)(=O)c2ccc(-c3ccc(Cl)cc3)cc2)C[C@H]1Cc1ccccc1. The summed E-state index contributed by atoms with van der Waals surface area (Å²) in [5.41, 5.74) is 1.26. The molecule has 1 fully saturated rings. The van der Waals surface area contributed by atoms with E-state index in [2.05, 4.69) is 4.72 Å². The fourth-order valence-electron chi connectivity index (χ4n) is 3.67. The number of nitrogens with one attached hydrogen (secondary N) is 1. The lowest BCUT2D eigenvalue weighted by atomic mass is 10.1. The van der Waals surface area contributed by atoms with Gasteiger partial charge < -0.3 is 5.11 Å². The maximum Gasteiger partial charge on any atom is 0.325 e. The Kier molecular flexibility index (Phi) is 5.40. The van der Waals surface area contributed by atoms with Crippen molar-refractivity contribution in [3.05, 3.63) is 89.4 Å². The average Bonchev–Trinajstić information content (AvgIpc) is 3.42. The molecule has 1 aliphatic carbocycles. The monoisotopic (exact) mass is 441 g/mol. The van der Waals surface area contributed by atoms with Crippen LogP contribution in [0.25, 0.3) is 11.1 Å². The van der Waals surface area contributed by atoms with Crippen LogP contribution in [0.5, 0.6) is 0 Å². The number of carboxylic acids is 1. The molecule has 3 aromatic rings. The van der Waals surface area contributed by atoms with Gasteiger partial charge in [0.15, 0.2) is 0 Å². The van der Waals surface area contributed by atoms with Crippen LogP contribution in [0.4, 0.5) is 0 Å². The molecule has 0 bridgehead atoms. The number of carboxylic acid groups (broad SMARTS) is 1. The summed E-state index contributed by atoms with van der Waals surface area (Å²) < 4.78 is 28.2. The molecule has 0 amide bonds. The van der Waals surface area contributed by atoms with Crippen molar-refractivity contribution in [1.82, 2.24) is 4.72 Å². The number of carbonyl (C=O) groups is 1. The van der Waals surface area contributed by atoms with Gasteiger partial charge in [0.1, 0.15) is 5.54 Å². The van der Waals surface area contributed by atoms with Crippen LogP contribution in [0.15, 0.2) is 83.8 Å². The summed E-state index contributed by atoms with van der Waals surface area (Å²) in [4.78, 5) is 12.0. The van der Waals surface area contributed by atoms with Crippen molar-refractivity contribution in [3.63, 3.8) is 0 Å². The molecule has 0 heterocycles. The summed E-state index contributed by atoms with van der Waals surface area (Å²) in [6, 6.07) is 23.1. The highest BCUT2D eigenvalue weighted by Gasteiger charge is 2.62. The normalized spacial score (nSPS) is 20.6. The first-order chi connectivity index (χ1) is 14.3. The van der Waals surface area contributed by atoms with Gasteiger partial charge in [-0.3, -0.25) is 4.79 Å². The molecule has 1 saturated carbocycles. The van der Waals surface area contributed by atoms with Gasteiger partial charge in [-0.15, -0.1) is 0 Å². The quantitative estimate of drug-likeness (QED) is 0.570. The lowest BCUT2D eigenvalue weighted by molar-refractivity contribution is -0.140. The molecule has 5 nitrogen and oxygen atoms in total. The van der Waals surface area contributed by atoms with Gasteiger partial charge in [-0.05, 0) is 59.7 Å². The second-order valence-corrected chi connectivity index (χ2v) is 9.62. The molecular weight excluding hydrogens is 422 g/mol. The van der Waals surface area contributed by atoms with Crippen LogP contribution in [0.1, 0.15) is 12.0 Å². The zero-order valence-corrected chi connectivity index (χ0v) is 17.5. The predicted molar refractivity (Wildman–Crippen MR) is 116 cm³/mol. The number of sulfonamides is 1. The third kappa shape index (κ3) is 4.12. The predicted octanol–water partition coefficient (Wildman–Crippen LogP) is 4.37. The topological polar surface area (TPSA) is 83.5 Å². The second-order valence-electron chi connectivity index (χ2n) is 7.50. The summed E-state index contributed by atoms with van der Waals surface area (Å²) in [5, 5.41) is 10.4. The number of hydrogen-bond donors (Lipinski definition) is 2. The van der Waals surface area contributed by atoms with E-state index in [0.29, 0.717) is 11.4 Å². The smallest absolute Gasteiger partial charge is 0.325 e. The van der Waals surface area contributed by atoms with Crippen LogP contribution in [0.2, 0.25) is 5.02 Å². The lowest BCUT2D eigenvalue weighted by Crippen LogP contribution is -2.45. The van der Waals surface area contributed by atoms with Crippen molar-refractivity contribution in [3.8, 4) is 11.1 Å². The fraction of sp³-hybridized carbons (Fsp3) is 0.174. The standard InChI is InChI=1S/C23H20ClNO4S/c24-20-10-6-17(7-11-20)18-8-12-21(13-9-18)30(28,29)25-23(22(26)27)15-19(23)14-16-4-2-1-3-5-16/h1-13,19,25H,14-15H2,(H,26,27)/t19-,23+/m1/s1. The molecule has 2 N–H and O–H groups in total. The summed E-state index contributed by atoms with van der Waals surface area (Å²) in [7, 11) is -3.98. The Balaban J connectivity index is 1.53. The zero-order valence-electron chi connectivity index (χ0n) is 16.0. The molecule has 0 radical (unpaired) electrons. The Labute approximate surface area is 180 Å². The first-order valence-corrected chi connectivity index (χ1v) is 11.3. The van der Waals surface area contributed by atoms with Crippen molar-refractivity contribution in [2.45, 2.75) is 23.3 Å². The highest BCUT2D eigenvalue weighted by Crippen LogP contribution is 2.47. The molecule has 0 aliphatic heterocycles. The second kappa shape index (κ2) is 7.87. The van der Waals surface area contributed by atoms with Gasteiger partial charge in [-0.1, -0.05) is 66.2 Å². The van der Waals surface area contributed by atoms with Gasteiger partial charge in [0.25, 0.3) is 0 Å². The van der Waals surface area contributed by atoms with E-state index < -0.39 is 21.5 Å². The van der Waals surface area contributed by atoms with Crippen molar-refractivity contribution in [2.75, 3.05) is 0 Å². The number of aliphatic carboxylic acids is 1. The molecule has 0 saturated heterocycles. The molecule has 0 aromatic heterocycles. The minimum absolute atomic E-state index is 0.0335. The third-order valence-corrected chi connectivity index (χ3v) is 7.25. The molecule has 0 spiro atoms. The van der Waals surface area contributed by atoms with Crippen LogP contribution < -0.4 is 4.72 Å². The van der Waals surface area contributed by atoms with Crippen molar-refractivity contribution < 1.29 is 18.3 Å². The van der Waals surface area contributed by atoms with E-state index in [9.17, 15) is 18.3 Å². The molecule has 4 rings (SSSR count). The van der Waals surface area contributed by atoms with E-state index in [-0.39, 0.29) is 17.2 Å². The fourth-order valence-corrected chi connectivity index (χ4v) is 5.23. The van der Waals surface area contributed by atoms with E-state index in [1.807, 2.05) is 42.5 Å². The molecule has 2 atom stereocenters. The van der Waals surface area contributed by atoms with Gasteiger partial charge in [0, 0.05) is 5.02 Å². The molecule has 0 unspecified atom stereocenters. The minimum Gasteiger partial charge on any atom is -0.480 e. The molecule has 30 heavy (non-hydrogen) atoms. The summed E-state index contributed by atoms with van der Waals surface area (Å²) in [6.45, 7) is 0. The van der Waals surface area contributed by atoms with Crippen molar-refractivity contribution in [2.24, 2.45) is 5.92 Å². The van der Waals surface area contributed by atoms with Crippen molar-refractivity contribution in [1.29, 1.82) is 0 Å². The molecule has 7 heteroatoms. The van der Waals surface area contributed by atoms with Crippen LogP contribution in [-0.4, -0.2) is 25.0 Å². The Morgan fingerprint density at radius 1 is 0.967 bits per heavy atom. The van der Waals surface area contributed by atoms with Crippen LogP contribution >= 0.6 is 11.6 Å². The highest BCUT2D eigenvalue weighted by molar-refractivity contribution is 7.89. The maximum absolute atomic E-state index is 12.9. The first-order valence-electron chi connectivity index (χ1n) is 9.47. The largest absolute Gasteiger partial charge is 0.480 e. The number of benzene rings is 3. The number of halogens is 1.